The molecular formula is C13H22N2O4S. The normalized spacial score (nSPS) is 11.8. The van der Waals surface area contributed by atoms with Gasteiger partial charge in [-0.15, -0.1) is 0 Å². The number of benzene rings is 1. The number of methoxy groups -OCH3 is 1. The fourth-order valence-electron chi connectivity index (χ4n) is 1.84. The maximum atomic E-state index is 12.2. The highest BCUT2D eigenvalue weighted by Gasteiger charge is 2.17. The van der Waals surface area contributed by atoms with Crippen molar-refractivity contribution in [1.29, 1.82) is 0 Å². The average molecular weight is 302 g/mol. The van der Waals surface area contributed by atoms with Crippen LogP contribution in [0.5, 0.6) is 5.75 Å². The second kappa shape index (κ2) is 7.47. The van der Waals surface area contributed by atoms with Crippen molar-refractivity contribution in [3.8, 4) is 5.75 Å². The van der Waals surface area contributed by atoms with Gasteiger partial charge in [-0.05, 0) is 24.7 Å². The molecular weight excluding hydrogens is 280 g/mol. The van der Waals surface area contributed by atoms with E-state index in [2.05, 4.69) is 0 Å². The molecule has 0 aliphatic carbocycles. The number of sulfone groups is 1. The summed E-state index contributed by atoms with van der Waals surface area (Å²) in [5, 5.41) is 8.89. The van der Waals surface area contributed by atoms with Crippen LogP contribution in [0.1, 0.15) is 6.92 Å². The van der Waals surface area contributed by atoms with Gasteiger partial charge in [0.05, 0.1) is 30.1 Å². The Balaban J connectivity index is 2.81. The first-order chi connectivity index (χ1) is 9.44. The number of nitrogen functional groups attached to an aromatic ring is 1. The maximum absolute atomic E-state index is 12.2. The summed E-state index contributed by atoms with van der Waals surface area (Å²) in [4.78, 5) is 2.07. The van der Waals surface area contributed by atoms with Gasteiger partial charge in [-0.3, -0.25) is 0 Å². The first-order valence-corrected chi connectivity index (χ1v) is 8.09. The summed E-state index contributed by atoms with van der Waals surface area (Å²) in [6, 6.07) is 4.46. The minimum absolute atomic E-state index is 0.00733. The van der Waals surface area contributed by atoms with Crippen LogP contribution in [-0.2, 0) is 9.84 Å². The van der Waals surface area contributed by atoms with E-state index in [1.54, 1.807) is 6.07 Å². The molecule has 1 rings (SSSR count). The maximum Gasteiger partial charge on any atom is 0.179 e. The second-order valence-corrected chi connectivity index (χ2v) is 6.49. The molecule has 0 bridgehead atoms. The van der Waals surface area contributed by atoms with Crippen LogP contribution in [0.2, 0.25) is 0 Å². The summed E-state index contributed by atoms with van der Waals surface area (Å²) in [6.45, 7) is 3.49. The third-order valence-electron chi connectivity index (χ3n) is 3.10. The lowest BCUT2D eigenvalue weighted by molar-refractivity contribution is 0.209. The zero-order valence-corrected chi connectivity index (χ0v) is 12.7. The van der Waals surface area contributed by atoms with E-state index < -0.39 is 9.84 Å². The minimum Gasteiger partial charge on any atom is -0.495 e. The van der Waals surface area contributed by atoms with Crippen LogP contribution in [0.25, 0.3) is 0 Å². The van der Waals surface area contributed by atoms with Crippen LogP contribution in [-0.4, -0.2) is 57.5 Å². The molecule has 1 aromatic carbocycles. The first-order valence-electron chi connectivity index (χ1n) is 6.44. The zero-order chi connectivity index (χ0) is 15.2. The Morgan fingerprint density at radius 1 is 1.35 bits per heavy atom. The molecule has 0 saturated heterocycles. The van der Waals surface area contributed by atoms with Gasteiger partial charge in [0, 0.05) is 13.1 Å². The molecule has 0 amide bonds. The Bertz CT molecular complexity index is 531. The molecule has 0 aliphatic heterocycles. The van der Waals surface area contributed by atoms with Crippen LogP contribution < -0.4 is 10.5 Å². The lowest BCUT2D eigenvalue weighted by Gasteiger charge is -2.18. The average Bonchev–Trinajstić information content (AvgIpc) is 2.43. The molecule has 6 nitrogen and oxygen atoms in total. The van der Waals surface area contributed by atoms with E-state index >= 15 is 0 Å². The van der Waals surface area contributed by atoms with E-state index in [9.17, 15) is 8.42 Å². The quantitative estimate of drug-likeness (QED) is 0.674. The second-order valence-electron chi connectivity index (χ2n) is 4.38. The summed E-state index contributed by atoms with van der Waals surface area (Å²) in [6.07, 6.45) is 0. The van der Waals surface area contributed by atoms with E-state index in [0.29, 0.717) is 31.1 Å². The van der Waals surface area contributed by atoms with Crippen LogP contribution in [0.3, 0.4) is 0 Å². The number of likely N-dealkylation sites (N-methyl/N-ethyl adjacent to an activating group) is 1. The number of hydrogen-bond acceptors (Lipinski definition) is 6. The minimum atomic E-state index is -3.39. The summed E-state index contributed by atoms with van der Waals surface area (Å²) >= 11 is 0. The van der Waals surface area contributed by atoms with Crippen molar-refractivity contribution in [2.75, 3.05) is 44.8 Å². The van der Waals surface area contributed by atoms with Gasteiger partial charge < -0.3 is 20.5 Å². The van der Waals surface area contributed by atoms with Gasteiger partial charge in [0.1, 0.15) is 5.75 Å². The standard InChI is InChI=1S/C13H22N2O4S/c1-3-15(6-8-16)7-9-20(17,18)11-4-5-13(19-2)12(14)10-11/h4-5,10,16H,3,6-9,14H2,1-2H3. The molecule has 0 unspecified atom stereocenters. The Labute approximate surface area is 120 Å². The fourth-order valence-corrected chi connectivity index (χ4v) is 3.16. The predicted molar refractivity (Wildman–Crippen MR) is 78.7 cm³/mol. The highest BCUT2D eigenvalue weighted by Crippen LogP contribution is 2.24. The SMILES string of the molecule is CCN(CCO)CCS(=O)(=O)c1ccc(OC)c(N)c1. The molecule has 0 aromatic heterocycles. The van der Waals surface area contributed by atoms with Crippen molar-refractivity contribution in [3.63, 3.8) is 0 Å². The van der Waals surface area contributed by atoms with Gasteiger partial charge in [0.15, 0.2) is 9.84 Å². The molecule has 20 heavy (non-hydrogen) atoms. The van der Waals surface area contributed by atoms with Crippen molar-refractivity contribution in [2.24, 2.45) is 0 Å². The Hall–Kier alpha value is -1.31. The molecule has 0 radical (unpaired) electrons. The van der Waals surface area contributed by atoms with E-state index in [1.165, 1.54) is 19.2 Å². The topological polar surface area (TPSA) is 92.9 Å². The van der Waals surface area contributed by atoms with Crippen molar-refractivity contribution in [2.45, 2.75) is 11.8 Å². The smallest absolute Gasteiger partial charge is 0.179 e. The third-order valence-corrected chi connectivity index (χ3v) is 4.79. The van der Waals surface area contributed by atoms with Gasteiger partial charge in [-0.2, -0.15) is 0 Å². The first kappa shape index (κ1) is 16.7. The number of aliphatic hydroxyl groups is 1. The van der Waals surface area contributed by atoms with Gasteiger partial charge in [0.25, 0.3) is 0 Å². The number of hydrogen-bond donors (Lipinski definition) is 2. The molecule has 1 aromatic rings. The predicted octanol–water partition coefficient (Wildman–Crippen LogP) is 0.365. The Kier molecular flexibility index (Phi) is 6.25. The molecule has 114 valence electrons. The van der Waals surface area contributed by atoms with E-state index in [0.717, 1.165) is 0 Å². The molecule has 0 atom stereocenters. The number of aliphatic hydroxyl groups excluding tert-OH is 1. The molecule has 0 heterocycles. The largest absolute Gasteiger partial charge is 0.495 e. The molecule has 0 fully saturated rings. The molecule has 7 heteroatoms. The lowest BCUT2D eigenvalue weighted by atomic mass is 10.3. The third kappa shape index (κ3) is 4.36. The van der Waals surface area contributed by atoms with Crippen LogP contribution in [0, 0.1) is 0 Å². The highest BCUT2D eigenvalue weighted by molar-refractivity contribution is 7.91. The fraction of sp³-hybridized carbons (Fsp3) is 0.538. The molecule has 3 N–H and O–H groups in total. The molecule has 0 aliphatic rings. The number of nitrogens with zero attached hydrogens (tertiary/aromatic N) is 1. The van der Waals surface area contributed by atoms with Crippen LogP contribution >= 0.6 is 0 Å². The summed E-state index contributed by atoms with van der Waals surface area (Å²) in [5.41, 5.74) is 6.03. The van der Waals surface area contributed by atoms with Crippen LogP contribution in [0.4, 0.5) is 5.69 Å². The summed E-state index contributed by atoms with van der Waals surface area (Å²) in [5.74, 6) is 0.450. The van der Waals surface area contributed by atoms with Crippen molar-refractivity contribution < 1.29 is 18.3 Å². The molecule has 0 spiro atoms. The lowest BCUT2D eigenvalue weighted by Crippen LogP contribution is -2.31. The molecule has 0 saturated carbocycles. The summed E-state index contributed by atoms with van der Waals surface area (Å²) in [7, 11) is -1.91. The Morgan fingerprint density at radius 3 is 2.55 bits per heavy atom. The van der Waals surface area contributed by atoms with E-state index in [1.807, 2.05) is 11.8 Å². The van der Waals surface area contributed by atoms with Crippen molar-refractivity contribution >= 4 is 15.5 Å². The highest BCUT2D eigenvalue weighted by atomic mass is 32.2. The number of ether oxygens (including phenoxy) is 1. The van der Waals surface area contributed by atoms with Crippen molar-refractivity contribution in [1.82, 2.24) is 4.90 Å². The monoisotopic (exact) mass is 302 g/mol. The van der Waals surface area contributed by atoms with E-state index in [-0.39, 0.29) is 17.3 Å². The number of rotatable bonds is 8. The van der Waals surface area contributed by atoms with E-state index in [4.69, 9.17) is 15.6 Å². The zero-order valence-electron chi connectivity index (χ0n) is 11.9. The van der Waals surface area contributed by atoms with Crippen LogP contribution in [0.15, 0.2) is 23.1 Å². The summed E-state index contributed by atoms with van der Waals surface area (Å²) < 4.78 is 29.5. The van der Waals surface area contributed by atoms with Gasteiger partial charge in [0.2, 0.25) is 0 Å². The van der Waals surface area contributed by atoms with Gasteiger partial charge in [-0.25, -0.2) is 8.42 Å². The number of anilines is 1. The van der Waals surface area contributed by atoms with Gasteiger partial charge >= 0.3 is 0 Å². The Morgan fingerprint density at radius 2 is 2.05 bits per heavy atom. The van der Waals surface area contributed by atoms with Crippen molar-refractivity contribution in [3.05, 3.63) is 18.2 Å². The van der Waals surface area contributed by atoms with Gasteiger partial charge in [-0.1, -0.05) is 6.92 Å². The number of nitrogens with two attached hydrogens (primary N) is 1.